The van der Waals surface area contributed by atoms with E-state index >= 15 is 0 Å². The number of hydrogen-bond donors (Lipinski definition) is 0. The Morgan fingerprint density at radius 2 is 0.542 bits per heavy atom. The van der Waals surface area contributed by atoms with E-state index in [2.05, 4.69) is 302 Å². The number of ether oxygens (including phenoxy) is 8. The van der Waals surface area contributed by atoms with Gasteiger partial charge >= 0.3 is 36.0 Å². The van der Waals surface area contributed by atoms with Crippen molar-refractivity contribution in [1.29, 1.82) is 0 Å². The number of halogens is 3. The first-order chi connectivity index (χ1) is 69.2. The average Bonchev–Trinajstić information content (AvgIpc) is 1.52. The van der Waals surface area contributed by atoms with Gasteiger partial charge in [0.2, 0.25) is 5.60 Å². The topological polar surface area (TPSA) is 159 Å². The van der Waals surface area contributed by atoms with Crippen LogP contribution in [0.15, 0.2) is 437 Å². The molecule has 0 aromatic heterocycles. The van der Waals surface area contributed by atoms with Crippen molar-refractivity contribution in [2.75, 3.05) is 33.5 Å². The first-order valence-corrected chi connectivity index (χ1v) is 54.0. The minimum Gasteiger partial charge on any atom is -0.493 e. The molecular formula is C123H124F3O13S5+5. The van der Waals surface area contributed by atoms with Gasteiger partial charge in [0.05, 0.1) is 80.0 Å². The van der Waals surface area contributed by atoms with Crippen molar-refractivity contribution < 1.29 is 75.0 Å². The molecule has 2 bridgehead atoms. The fraction of sp³-hybridized carbons (Fsp3) is 0.228. The van der Waals surface area contributed by atoms with Crippen LogP contribution in [-0.4, -0.2) is 75.2 Å². The summed E-state index contributed by atoms with van der Waals surface area (Å²) in [6.45, 7) is 29.1. The maximum atomic E-state index is 13.6. The number of aryl methyl sites for hydroxylation is 10. The number of carbonyl (C=O) groups excluding carboxylic acids is 5. The lowest BCUT2D eigenvalue weighted by Crippen LogP contribution is -2.50. The smallest absolute Gasteiger partial charge is 0.392 e. The van der Waals surface area contributed by atoms with Crippen LogP contribution in [0.1, 0.15) is 116 Å². The largest absolute Gasteiger partial charge is 0.493 e. The van der Waals surface area contributed by atoms with Crippen molar-refractivity contribution >= 4 is 84.3 Å². The molecule has 17 rings (SSSR count). The van der Waals surface area contributed by atoms with E-state index < -0.39 is 54.2 Å². The molecule has 0 radical (unpaired) electrons. The van der Waals surface area contributed by atoms with Gasteiger partial charge in [-0.3, -0.25) is 9.59 Å². The minimum absolute atomic E-state index is 0.0827. The fourth-order valence-electron chi connectivity index (χ4n) is 17.6. The maximum Gasteiger partial charge on any atom is 0.392 e. The number of rotatable bonds is 29. The molecule has 2 aliphatic rings. The number of methoxy groups -OCH3 is 1. The van der Waals surface area contributed by atoms with E-state index in [4.69, 9.17) is 28.4 Å². The highest BCUT2D eigenvalue weighted by Crippen LogP contribution is 2.66. The van der Waals surface area contributed by atoms with Crippen LogP contribution in [0.3, 0.4) is 0 Å². The van der Waals surface area contributed by atoms with E-state index in [1.165, 1.54) is 81.9 Å². The molecule has 740 valence electrons. The second-order valence-corrected chi connectivity index (χ2v) is 45.8. The highest BCUT2D eigenvalue weighted by Gasteiger charge is 2.76. The van der Waals surface area contributed by atoms with Crippen molar-refractivity contribution in [2.45, 2.75) is 215 Å². The number of benzene rings is 15. The van der Waals surface area contributed by atoms with Gasteiger partial charge in [-0.15, -0.1) is 0 Å². The van der Waals surface area contributed by atoms with Crippen LogP contribution < -0.4 is 23.7 Å². The van der Waals surface area contributed by atoms with Gasteiger partial charge in [-0.2, -0.15) is 13.2 Å². The van der Waals surface area contributed by atoms with Gasteiger partial charge in [0.1, 0.15) is 35.4 Å². The predicted octanol–water partition coefficient (Wildman–Crippen LogP) is 29.2. The van der Waals surface area contributed by atoms with Crippen molar-refractivity contribution in [2.24, 2.45) is 10.8 Å². The normalized spacial score (nSPS) is 14.2. The van der Waals surface area contributed by atoms with Gasteiger partial charge in [0, 0.05) is 72.5 Å². The molecule has 1 saturated carbocycles. The third-order valence-electron chi connectivity index (χ3n) is 25.1. The van der Waals surface area contributed by atoms with Gasteiger partial charge in [0.15, 0.2) is 86.6 Å². The van der Waals surface area contributed by atoms with Gasteiger partial charge in [0.25, 0.3) is 0 Å². The van der Waals surface area contributed by atoms with E-state index in [-0.39, 0.29) is 79.0 Å². The number of esters is 5. The standard InChI is InChI=1S/C30H31O4S.C25H24F3O3S.C23H23O3S.C23H23O2S.C22H23OS/c1-20-18-24(35(22-12-8-6-9-13-22)23-14-10-7-11-15-23)19-21(2)25(20)33-27(32)30-17-16-29(5,26(31)34-30)28(30,3)4;1-18-15-22(32(20-9-5-3-6-10-20)21-11-7-4-8-12-21)16-19(2)24(18)31-17-23(29)30-14-13-25(26,27)28;1-17-14-21(15-18(2)23(17)26-16-22(24)25-3)27(19-10-6-4-7-11-19)20-12-8-5-9-13-20;1-4-22(24)25-23-17(2)15-21(16-18(23)3)26(19-11-7-5-8-12-19)20-13-9-6-10-14-20;1-4-23-22-17(2)15-21(16-18(22)3)24(19-11-7-5-8-12-19)20-13-9-6-10-14-20/h6-15,18-19H,16-17H2,1-5H3;3-12,15-16H,13-14,17H2,1-2H3;4-15H,16H2,1-3H3;5-16H,4H2,1-3H3;5-16H,4H2,1-3H3/q5*+1. The molecular weight excluding hydrogens is 1900 g/mol. The zero-order valence-electron chi connectivity index (χ0n) is 84.3. The number of hydrogen-bond acceptors (Lipinski definition) is 13. The van der Waals surface area contributed by atoms with Crippen LogP contribution in [0.5, 0.6) is 28.7 Å². The van der Waals surface area contributed by atoms with Crippen LogP contribution in [0, 0.1) is 80.1 Å². The Morgan fingerprint density at radius 1 is 0.312 bits per heavy atom. The number of fused-ring (bicyclic) bond motifs is 2. The van der Waals surface area contributed by atoms with Crippen molar-refractivity contribution in [3.8, 4) is 28.7 Å². The Hall–Kier alpha value is -13.4. The molecule has 1 aliphatic heterocycles. The van der Waals surface area contributed by atoms with Crippen molar-refractivity contribution in [3.05, 3.63) is 420 Å². The minimum atomic E-state index is -4.36. The highest BCUT2D eigenvalue weighted by molar-refractivity contribution is 7.98. The summed E-state index contributed by atoms with van der Waals surface area (Å²) in [5.74, 6) is 1.34. The number of alkyl halides is 3. The van der Waals surface area contributed by atoms with Crippen LogP contribution in [0.4, 0.5) is 13.2 Å². The molecule has 15 aromatic carbocycles. The summed E-state index contributed by atoms with van der Waals surface area (Å²) >= 11 is 0. The zero-order chi connectivity index (χ0) is 103. The molecule has 2 unspecified atom stereocenters. The van der Waals surface area contributed by atoms with Crippen LogP contribution in [0.2, 0.25) is 0 Å². The molecule has 1 aliphatic carbocycles. The molecule has 1 saturated heterocycles. The lowest BCUT2D eigenvalue weighted by atomic mass is 9.66. The Bertz CT molecular complexity index is 6520. The fourth-order valence-corrected chi connectivity index (χ4v) is 28.9. The molecule has 15 aromatic rings. The third kappa shape index (κ3) is 26.6. The van der Waals surface area contributed by atoms with E-state index in [0.717, 1.165) is 65.8 Å². The molecule has 21 heteroatoms. The molecule has 0 N–H and O–H groups in total. The quantitative estimate of drug-likeness (QED) is 0.0189. The molecule has 13 nitrogen and oxygen atoms in total. The Morgan fingerprint density at radius 3 is 0.750 bits per heavy atom. The summed E-state index contributed by atoms with van der Waals surface area (Å²) in [7, 11) is 0.238. The first kappa shape index (κ1) is 108. The summed E-state index contributed by atoms with van der Waals surface area (Å²) in [6.07, 6.45) is -4.05. The Labute approximate surface area is 860 Å². The van der Waals surface area contributed by atoms with E-state index in [1.54, 1.807) is 0 Å². The van der Waals surface area contributed by atoms with E-state index in [9.17, 15) is 37.1 Å². The van der Waals surface area contributed by atoms with Gasteiger partial charge in [-0.1, -0.05) is 203 Å². The van der Waals surface area contributed by atoms with Crippen LogP contribution >= 0.6 is 0 Å². The third-order valence-corrected chi connectivity index (χ3v) is 36.1. The van der Waals surface area contributed by atoms with Gasteiger partial charge < -0.3 is 37.9 Å². The monoisotopic (exact) mass is 2030 g/mol. The molecule has 144 heavy (non-hydrogen) atoms. The van der Waals surface area contributed by atoms with Gasteiger partial charge in [-0.05, 0) is 273 Å². The SMILES string of the molecule is CCC(=O)Oc1c(C)cc([S+](c2ccccc2)c2ccccc2)cc1C.CCOc1c(C)cc([S+](c2ccccc2)c2ccccc2)cc1C.COC(=O)COc1c(C)cc([S+](c2ccccc2)c2ccccc2)cc1C.Cc1cc([S+](c2ccccc2)c2ccccc2)cc(C)c1OC(=O)C12CCC(C)(C(=O)O1)C2(C)C.Cc1cc([S+](c2ccccc2)c2ccccc2)cc(C)c1OCC(=O)OCCC(F)(F)F. The molecule has 1 heterocycles. The maximum absolute atomic E-state index is 13.6. The summed E-state index contributed by atoms with van der Waals surface area (Å²) in [5, 5.41) is 0. The van der Waals surface area contributed by atoms with Gasteiger partial charge in [-0.25, -0.2) is 14.4 Å². The summed E-state index contributed by atoms with van der Waals surface area (Å²) in [6, 6.07) is 126. The predicted molar refractivity (Wildman–Crippen MR) is 572 cm³/mol. The van der Waals surface area contributed by atoms with Crippen LogP contribution in [-0.2, 0) is 92.7 Å². The second-order valence-electron chi connectivity index (χ2n) is 35.7. The molecule has 2 atom stereocenters. The first-order valence-electron chi connectivity index (χ1n) is 47.9. The Kier molecular flexibility index (Phi) is 37.6. The number of carbonyl (C=O) groups is 5. The summed E-state index contributed by atoms with van der Waals surface area (Å²) < 4.78 is 80.3. The van der Waals surface area contributed by atoms with Crippen LogP contribution in [0.25, 0.3) is 0 Å². The Balaban J connectivity index is 0.000000152. The van der Waals surface area contributed by atoms with E-state index in [0.29, 0.717) is 43.1 Å². The zero-order valence-corrected chi connectivity index (χ0v) is 88.4. The van der Waals surface area contributed by atoms with Crippen molar-refractivity contribution in [1.82, 2.24) is 0 Å². The second kappa shape index (κ2) is 50.2. The molecule has 0 spiro atoms. The lowest BCUT2D eigenvalue weighted by molar-refractivity contribution is -0.176. The average molecular weight is 2030 g/mol. The summed E-state index contributed by atoms with van der Waals surface area (Å²) in [5.41, 5.74) is 7.33. The molecule has 0 amide bonds. The highest BCUT2D eigenvalue weighted by atomic mass is 32.2. The lowest BCUT2D eigenvalue weighted by Gasteiger charge is -2.34. The van der Waals surface area contributed by atoms with Crippen molar-refractivity contribution in [3.63, 3.8) is 0 Å². The summed E-state index contributed by atoms with van der Waals surface area (Å²) in [4.78, 5) is 79.7. The van der Waals surface area contributed by atoms with E-state index in [1.807, 2.05) is 175 Å². The molecule has 2 fully saturated rings.